The molecule has 172 valence electrons. The van der Waals surface area contributed by atoms with E-state index in [0.717, 1.165) is 0 Å². The second-order valence-corrected chi connectivity index (χ2v) is 6.95. The Hall–Kier alpha value is -3.81. The molecule has 0 bridgehead atoms. The van der Waals surface area contributed by atoms with Crippen molar-refractivity contribution in [3.8, 4) is 0 Å². The van der Waals surface area contributed by atoms with E-state index in [2.05, 4.69) is 20.3 Å². The monoisotopic (exact) mass is 450 g/mol. The molecule has 1 aliphatic heterocycles. The molecule has 0 unspecified atom stereocenters. The summed E-state index contributed by atoms with van der Waals surface area (Å²) in [5.74, 6) is -2.38. The van der Waals surface area contributed by atoms with Gasteiger partial charge in [-0.15, -0.1) is 0 Å². The van der Waals surface area contributed by atoms with E-state index < -0.39 is 48.4 Å². The normalized spacial score (nSPS) is 22.4. The van der Waals surface area contributed by atoms with Crippen LogP contribution in [0.2, 0.25) is 0 Å². The Balaban J connectivity index is 2.06. The molecule has 14 heteroatoms. The predicted molar refractivity (Wildman–Crippen MR) is 106 cm³/mol. The van der Waals surface area contributed by atoms with Crippen LogP contribution < -0.4 is 11.1 Å². The third-order valence-electron chi connectivity index (χ3n) is 4.35. The molecule has 14 nitrogen and oxygen atoms in total. The zero-order chi connectivity index (χ0) is 23.6. The second-order valence-electron chi connectivity index (χ2n) is 6.95. The third kappa shape index (κ3) is 4.91. The molecule has 3 rings (SSSR count). The van der Waals surface area contributed by atoms with Gasteiger partial charge in [0.05, 0.1) is 6.33 Å². The van der Waals surface area contributed by atoms with Crippen LogP contribution in [0.5, 0.6) is 0 Å². The van der Waals surface area contributed by atoms with Crippen molar-refractivity contribution in [2.24, 2.45) is 0 Å². The van der Waals surface area contributed by atoms with Gasteiger partial charge in [-0.1, -0.05) is 0 Å². The van der Waals surface area contributed by atoms with Gasteiger partial charge < -0.3 is 24.7 Å². The smallest absolute Gasteiger partial charge is 0.303 e. The van der Waals surface area contributed by atoms with E-state index >= 15 is 0 Å². The van der Waals surface area contributed by atoms with E-state index in [1.165, 1.54) is 38.6 Å². The number of amides is 1. The van der Waals surface area contributed by atoms with Crippen molar-refractivity contribution in [3.63, 3.8) is 0 Å². The molecular weight excluding hydrogens is 428 g/mol. The highest BCUT2D eigenvalue weighted by molar-refractivity contribution is 5.89. The lowest BCUT2D eigenvalue weighted by Crippen LogP contribution is -2.40. The minimum Gasteiger partial charge on any atom is -0.463 e. The molecule has 0 aromatic carbocycles. The number of aromatic nitrogens is 4. The number of anilines is 2. The molecule has 32 heavy (non-hydrogen) atoms. The summed E-state index contributed by atoms with van der Waals surface area (Å²) in [5, 5.41) is 2.43. The van der Waals surface area contributed by atoms with Crippen LogP contribution in [0.3, 0.4) is 0 Å². The van der Waals surface area contributed by atoms with Crippen molar-refractivity contribution in [2.75, 3.05) is 17.7 Å². The Morgan fingerprint density at radius 1 is 1.06 bits per heavy atom. The van der Waals surface area contributed by atoms with E-state index in [1.54, 1.807) is 0 Å². The van der Waals surface area contributed by atoms with Gasteiger partial charge in [-0.3, -0.25) is 29.1 Å². The molecule has 0 saturated carbocycles. The standard InChI is InChI=1S/C18H22N6O8/c1-7(25)21-18-22-15(19)12-16(23-18)24(6-20-12)17-14(31-10(4)28)13(30-9(3)27)11(32-17)5-29-8(2)26/h6,11,13-14,17H,5H2,1-4H3,(H3,19,21,22,23,25)/t11-,13-,14-,17-/m1/s1. The first-order valence-electron chi connectivity index (χ1n) is 9.47. The molecule has 1 amide bonds. The van der Waals surface area contributed by atoms with E-state index in [0.29, 0.717) is 0 Å². The minimum atomic E-state index is -1.13. The number of hydrogen-bond acceptors (Lipinski definition) is 12. The van der Waals surface area contributed by atoms with Crippen LogP contribution >= 0.6 is 0 Å². The number of nitrogens with one attached hydrogen (secondary N) is 1. The van der Waals surface area contributed by atoms with Gasteiger partial charge in [0.1, 0.15) is 18.2 Å². The van der Waals surface area contributed by atoms with Crippen molar-refractivity contribution in [3.05, 3.63) is 6.33 Å². The van der Waals surface area contributed by atoms with Gasteiger partial charge in [-0.05, 0) is 0 Å². The van der Waals surface area contributed by atoms with E-state index in [4.69, 9.17) is 24.7 Å². The fourth-order valence-electron chi connectivity index (χ4n) is 3.25. The number of nitrogens with two attached hydrogens (primary N) is 1. The summed E-state index contributed by atoms with van der Waals surface area (Å²) in [6, 6.07) is 0. The Morgan fingerprint density at radius 2 is 1.72 bits per heavy atom. The number of carbonyl (C=O) groups is 4. The molecular formula is C18H22N6O8. The number of nitrogen functional groups attached to an aromatic ring is 1. The largest absolute Gasteiger partial charge is 0.463 e. The molecule has 2 aromatic heterocycles. The number of ether oxygens (including phenoxy) is 4. The Kier molecular flexibility index (Phi) is 6.53. The third-order valence-corrected chi connectivity index (χ3v) is 4.35. The van der Waals surface area contributed by atoms with Crippen LogP contribution in [0, 0.1) is 0 Å². The molecule has 1 fully saturated rings. The number of fused-ring (bicyclic) bond motifs is 1. The number of carbonyl (C=O) groups excluding carboxylic acids is 4. The average molecular weight is 450 g/mol. The molecule has 4 atom stereocenters. The topological polar surface area (TPSA) is 187 Å². The molecule has 1 saturated heterocycles. The fourth-order valence-corrected chi connectivity index (χ4v) is 3.25. The zero-order valence-corrected chi connectivity index (χ0v) is 17.7. The van der Waals surface area contributed by atoms with Crippen molar-refractivity contribution in [1.29, 1.82) is 0 Å². The quantitative estimate of drug-likeness (QED) is 0.432. The molecule has 0 radical (unpaired) electrons. The Labute approximate surface area is 181 Å². The minimum absolute atomic E-state index is 0.00691. The maximum absolute atomic E-state index is 11.8. The van der Waals surface area contributed by atoms with Crippen LogP contribution in [0.4, 0.5) is 11.8 Å². The van der Waals surface area contributed by atoms with Crippen molar-refractivity contribution < 1.29 is 38.1 Å². The van der Waals surface area contributed by atoms with Gasteiger partial charge in [0, 0.05) is 27.7 Å². The summed E-state index contributed by atoms with van der Waals surface area (Å²) in [5.41, 5.74) is 6.30. The first-order chi connectivity index (χ1) is 15.1. The van der Waals surface area contributed by atoms with Crippen molar-refractivity contribution in [1.82, 2.24) is 19.5 Å². The fraction of sp³-hybridized carbons (Fsp3) is 0.500. The summed E-state index contributed by atoms with van der Waals surface area (Å²) >= 11 is 0. The summed E-state index contributed by atoms with van der Waals surface area (Å²) in [7, 11) is 0. The summed E-state index contributed by atoms with van der Waals surface area (Å²) in [4.78, 5) is 58.6. The highest BCUT2D eigenvalue weighted by Crippen LogP contribution is 2.36. The van der Waals surface area contributed by atoms with Gasteiger partial charge in [0.15, 0.2) is 29.9 Å². The van der Waals surface area contributed by atoms with Crippen molar-refractivity contribution >= 4 is 46.7 Å². The van der Waals surface area contributed by atoms with Gasteiger partial charge in [-0.2, -0.15) is 9.97 Å². The first kappa shape index (κ1) is 22.9. The molecule has 2 aromatic rings. The van der Waals surface area contributed by atoms with Gasteiger partial charge >= 0.3 is 17.9 Å². The maximum atomic E-state index is 11.8. The lowest BCUT2D eigenvalue weighted by atomic mass is 10.1. The Bertz CT molecular complexity index is 1070. The van der Waals surface area contributed by atoms with Crippen LogP contribution in [0.15, 0.2) is 6.33 Å². The van der Waals surface area contributed by atoms with Crippen molar-refractivity contribution in [2.45, 2.75) is 52.2 Å². The van der Waals surface area contributed by atoms with Gasteiger partial charge in [0.2, 0.25) is 11.9 Å². The second kappa shape index (κ2) is 9.13. The molecule has 0 aliphatic carbocycles. The van der Waals surface area contributed by atoms with Crippen LogP contribution in [-0.4, -0.2) is 68.3 Å². The van der Waals surface area contributed by atoms with Crippen LogP contribution in [0.25, 0.3) is 11.2 Å². The first-order valence-corrected chi connectivity index (χ1v) is 9.47. The Morgan fingerprint density at radius 3 is 2.31 bits per heavy atom. The molecule has 1 aliphatic rings. The lowest BCUT2D eigenvalue weighted by molar-refractivity contribution is -0.166. The number of rotatable bonds is 6. The number of esters is 3. The summed E-state index contributed by atoms with van der Waals surface area (Å²) in [6.07, 6.45) is -2.92. The number of nitrogens with zero attached hydrogens (tertiary/aromatic N) is 4. The van der Waals surface area contributed by atoms with Crippen LogP contribution in [0.1, 0.15) is 33.9 Å². The summed E-state index contributed by atoms with van der Waals surface area (Å²) < 4.78 is 23.1. The average Bonchev–Trinajstić information content (AvgIpc) is 3.21. The predicted octanol–water partition coefficient (Wildman–Crippen LogP) is -0.309. The summed E-state index contributed by atoms with van der Waals surface area (Å²) in [6.45, 7) is 4.59. The zero-order valence-electron chi connectivity index (χ0n) is 17.7. The highest BCUT2D eigenvalue weighted by Gasteiger charge is 2.51. The molecule has 3 N–H and O–H groups in total. The number of hydrogen-bond donors (Lipinski definition) is 2. The van der Waals surface area contributed by atoms with E-state index in [1.807, 2.05) is 0 Å². The lowest BCUT2D eigenvalue weighted by Gasteiger charge is -2.23. The van der Waals surface area contributed by atoms with E-state index in [9.17, 15) is 19.2 Å². The van der Waals surface area contributed by atoms with Crippen LogP contribution in [-0.2, 0) is 38.1 Å². The maximum Gasteiger partial charge on any atom is 0.303 e. The van der Waals surface area contributed by atoms with E-state index in [-0.39, 0.29) is 29.5 Å². The highest BCUT2D eigenvalue weighted by atomic mass is 16.7. The SMILES string of the molecule is CC(=O)Nc1nc(N)c2ncn([C@@H]3O[C@H](COC(C)=O)[C@@H](OC(C)=O)[C@H]3OC(C)=O)c2n1. The van der Waals surface area contributed by atoms with Gasteiger partial charge in [-0.25, -0.2) is 4.98 Å². The number of imidazole rings is 1. The molecule has 3 heterocycles. The molecule has 0 spiro atoms. The van der Waals surface area contributed by atoms with Gasteiger partial charge in [0.25, 0.3) is 0 Å².